The van der Waals surface area contributed by atoms with Crippen molar-refractivity contribution in [1.82, 2.24) is 0 Å². The molecule has 0 radical (unpaired) electrons. The first-order valence-corrected chi connectivity index (χ1v) is 10.4. The van der Waals surface area contributed by atoms with E-state index in [0.29, 0.717) is 11.1 Å². The van der Waals surface area contributed by atoms with Crippen LogP contribution in [0.25, 0.3) is 0 Å². The molecule has 10 heteroatoms. The Bertz CT molecular complexity index is 894. The molecule has 0 bridgehead atoms. The Hall–Kier alpha value is -1.66. The summed E-state index contributed by atoms with van der Waals surface area (Å²) >= 11 is 12.0. The van der Waals surface area contributed by atoms with Gasteiger partial charge in [-0.15, -0.1) is 0 Å². The highest BCUT2D eigenvalue weighted by molar-refractivity contribution is 7.58. The van der Waals surface area contributed by atoms with Gasteiger partial charge in [-0.05, 0) is 24.3 Å². The lowest BCUT2D eigenvalue weighted by Gasteiger charge is -2.24. The van der Waals surface area contributed by atoms with E-state index in [1.807, 2.05) is 0 Å². The number of ether oxygens (including phenoxy) is 2. The molecule has 0 aliphatic heterocycles. The predicted octanol–water partition coefficient (Wildman–Crippen LogP) is 5.45. The zero-order chi connectivity index (χ0) is 20.2. The first-order valence-electron chi connectivity index (χ1n) is 7.49. The van der Waals surface area contributed by atoms with E-state index in [-0.39, 0.29) is 16.3 Å². The number of hydrogen-bond acceptors (Lipinski definition) is 5. The van der Waals surface area contributed by atoms with Crippen LogP contribution in [0.15, 0.2) is 36.4 Å². The van der Waals surface area contributed by atoms with Gasteiger partial charge in [-0.25, -0.2) is 13.6 Å². The number of carbonyl (C=O) groups excluding carboxylic acids is 1. The molecule has 27 heavy (non-hydrogen) atoms. The zero-order valence-electron chi connectivity index (χ0n) is 14.2. The fourth-order valence-corrected chi connectivity index (χ4v) is 3.91. The van der Waals surface area contributed by atoms with E-state index in [4.69, 9.17) is 37.2 Å². The molecule has 2 aromatic rings. The summed E-state index contributed by atoms with van der Waals surface area (Å²) in [6.45, 7) is 0.574. The molecule has 0 N–H and O–H groups in total. The molecule has 0 saturated carbocycles. The van der Waals surface area contributed by atoms with Crippen LogP contribution in [-0.4, -0.2) is 26.4 Å². The van der Waals surface area contributed by atoms with Crippen LogP contribution in [0.5, 0.6) is 5.75 Å². The SMILES string of the molecule is COP(C)(=O)C(OC(=O)COc1ccc(F)cc1F)c1ccc(Cl)cc1Cl. The summed E-state index contributed by atoms with van der Waals surface area (Å²) in [5.41, 5.74) is 0.232. The first-order chi connectivity index (χ1) is 12.6. The molecule has 0 fully saturated rings. The Morgan fingerprint density at radius 2 is 1.89 bits per heavy atom. The minimum absolute atomic E-state index is 0.130. The van der Waals surface area contributed by atoms with Crippen LogP contribution >= 0.6 is 30.6 Å². The summed E-state index contributed by atoms with van der Waals surface area (Å²) in [6.07, 6.45) is 0. The Kier molecular flexibility index (Phi) is 7.23. The number of esters is 1. The van der Waals surface area contributed by atoms with E-state index in [1.54, 1.807) is 0 Å². The quantitative estimate of drug-likeness (QED) is 0.425. The Balaban J connectivity index is 2.17. The molecule has 0 saturated heterocycles. The number of benzene rings is 2. The third-order valence-corrected chi connectivity index (χ3v) is 6.02. The summed E-state index contributed by atoms with van der Waals surface area (Å²) in [4.78, 5) is 12.1. The second-order valence-corrected chi connectivity index (χ2v) is 8.96. The molecule has 0 heterocycles. The number of halogens is 4. The summed E-state index contributed by atoms with van der Waals surface area (Å²) in [6, 6.07) is 6.97. The van der Waals surface area contributed by atoms with Gasteiger partial charge in [-0.1, -0.05) is 29.3 Å². The normalized spacial score (nSPS) is 14.3. The van der Waals surface area contributed by atoms with Crippen LogP contribution in [0.2, 0.25) is 10.0 Å². The van der Waals surface area contributed by atoms with Gasteiger partial charge in [0.15, 0.2) is 18.2 Å². The van der Waals surface area contributed by atoms with Gasteiger partial charge in [0.05, 0.1) is 0 Å². The summed E-state index contributed by atoms with van der Waals surface area (Å²) in [5, 5.41) is 0.470. The minimum atomic E-state index is -3.46. The Morgan fingerprint density at radius 1 is 1.19 bits per heavy atom. The fourth-order valence-electron chi connectivity index (χ4n) is 2.10. The largest absolute Gasteiger partial charge is 0.479 e. The smallest absolute Gasteiger partial charge is 0.345 e. The first kappa shape index (κ1) is 21.6. The van der Waals surface area contributed by atoms with Gasteiger partial charge in [0.25, 0.3) is 0 Å². The zero-order valence-corrected chi connectivity index (χ0v) is 16.7. The van der Waals surface area contributed by atoms with Crippen molar-refractivity contribution in [2.75, 3.05) is 20.4 Å². The Labute approximate surface area is 164 Å². The van der Waals surface area contributed by atoms with Gasteiger partial charge < -0.3 is 14.0 Å². The number of rotatable bonds is 7. The van der Waals surface area contributed by atoms with Crippen molar-refractivity contribution in [3.63, 3.8) is 0 Å². The lowest BCUT2D eigenvalue weighted by Crippen LogP contribution is -2.19. The molecule has 0 aliphatic carbocycles. The molecule has 2 aromatic carbocycles. The molecule has 0 spiro atoms. The number of carbonyl (C=O) groups is 1. The molecule has 5 nitrogen and oxygen atoms in total. The maximum atomic E-state index is 13.6. The van der Waals surface area contributed by atoms with Gasteiger partial charge in [0.2, 0.25) is 13.2 Å². The maximum Gasteiger partial charge on any atom is 0.345 e. The molecular formula is C17H15Cl2F2O5P. The van der Waals surface area contributed by atoms with Crippen molar-refractivity contribution < 1.29 is 32.1 Å². The summed E-state index contributed by atoms with van der Waals surface area (Å²) in [7, 11) is -2.26. The molecule has 0 aliphatic rings. The van der Waals surface area contributed by atoms with Gasteiger partial charge in [0.1, 0.15) is 5.82 Å². The monoisotopic (exact) mass is 438 g/mol. The molecule has 2 unspecified atom stereocenters. The second kappa shape index (κ2) is 9.02. The van der Waals surface area contributed by atoms with Gasteiger partial charge in [-0.2, -0.15) is 0 Å². The van der Waals surface area contributed by atoms with Gasteiger partial charge in [0, 0.05) is 35.4 Å². The van der Waals surface area contributed by atoms with E-state index in [2.05, 4.69) is 0 Å². The topological polar surface area (TPSA) is 61.8 Å². The van der Waals surface area contributed by atoms with Gasteiger partial charge in [-0.3, -0.25) is 4.57 Å². The lowest BCUT2D eigenvalue weighted by molar-refractivity contribution is -0.148. The van der Waals surface area contributed by atoms with E-state index in [0.717, 1.165) is 12.1 Å². The van der Waals surface area contributed by atoms with Crippen LogP contribution in [0.3, 0.4) is 0 Å². The van der Waals surface area contributed by atoms with E-state index >= 15 is 0 Å². The predicted molar refractivity (Wildman–Crippen MR) is 97.7 cm³/mol. The van der Waals surface area contributed by atoms with E-state index in [1.165, 1.54) is 32.0 Å². The minimum Gasteiger partial charge on any atom is -0.479 e. The van der Waals surface area contributed by atoms with Crippen molar-refractivity contribution in [1.29, 1.82) is 0 Å². The molecule has 0 aromatic heterocycles. The summed E-state index contributed by atoms with van der Waals surface area (Å²) < 4.78 is 54.3. The molecule has 146 valence electrons. The van der Waals surface area contributed by atoms with Crippen molar-refractivity contribution >= 4 is 36.5 Å². The van der Waals surface area contributed by atoms with Crippen LogP contribution in [0.1, 0.15) is 11.4 Å². The number of hydrogen-bond donors (Lipinski definition) is 0. The molecule has 2 rings (SSSR count). The average molecular weight is 439 g/mol. The molecule has 0 amide bonds. The highest BCUT2D eigenvalue weighted by Crippen LogP contribution is 2.58. The van der Waals surface area contributed by atoms with E-state index < -0.39 is 37.4 Å². The van der Waals surface area contributed by atoms with Crippen LogP contribution in [0, 0.1) is 11.6 Å². The molecular weight excluding hydrogens is 424 g/mol. The highest BCUT2D eigenvalue weighted by Gasteiger charge is 2.35. The standard InChI is InChI=1S/C17H15Cl2F2O5P/c1-24-27(2,23)17(12-5-3-10(18)7-13(12)19)26-16(22)9-25-15-6-4-11(20)8-14(15)21/h3-8,17H,9H2,1-2H3. The van der Waals surface area contributed by atoms with Crippen molar-refractivity contribution in [2.24, 2.45) is 0 Å². The third-order valence-electron chi connectivity index (χ3n) is 3.50. The second-order valence-electron chi connectivity index (χ2n) is 5.46. The maximum absolute atomic E-state index is 13.6. The van der Waals surface area contributed by atoms with Gasteiger partial charge >= 0.3 is 5.97 Å². The third kappa shape index (κ3) is 5.66. The molecule has 2 atom stereocenters. The fraction of sp³-hybridized carbons (Fsp3) is 0.235. The van der Waals surface area contributed by atoms with Crippen LogP contribution in [0.4, 0.5) is 8.78 Å². The lowest BCUT2D eigenvalue weighted by atomic mass is 10.2. The van der Waals surface area contributed by atoms with E-state index in [9.17, 15) is 18.1 Å². The summed E-state index contributed by atoms with van der Waals surface area (Å²) in [5.74, 6) is -4.36. The van der Waals surface area contributed by atoms with Crippen molar-refractivity contribution in [3.8, 4) is 5.75 Å². The van der Waals surface area contributed by atoms with Crippen molar-refractivity contribution in [2.45, 2.75) is 5.85 Å². The highest BCUT2D eigenvalue weighted by atomic mass is 35.5. The van der Waals surface area contributed by atoms with Crippen molar-refractivity contribution in [3.05, 3.63) is 63.6 Å². The average Bonchev–Trinajstić information content (AvgIpc) is 2.59. The van der Waals surface area contributed by atoms with Crippen LogP contribution in [-0.2, 0) is 18.6 Å². The Morgan fingerprint density at radius 3 is 2.48 bits per heavy atom. The van der Waals surface area contributed by atoms with Crippen LogP contribution < -0.4 is 4.74 Å².